The molecule has 0 radical (unpaired) electrons. The molecule has 1 heterocycles. The van der Waals surface area contributed by atoms with Crippen molar-refractivity contribution < 1.29 is 11.0 Å². The first-order valence-corrected chi connectivity index (χ1v) is 12.6. The van der Waals surface area contributed by atoms with Crippen LogP contribution in [0.5, 0.6) is 0 Å². The van der Waals surface area contributed by atoms with Gasteiger partial charge in [0, 0.05) is 26.6 Å². The predicted molar refractivity (Wildman–Crippen MR) is 143 cm³/mol. The van der Waals surface area contributed by atoms with Crippen molar-refractivity contribution in [2.24, 2.45) is 11.7 Å². The van der Waals surface area contributed by atoms with E-state index < -0.39 is 0 Å². The topological polar surface area (TPSA) is 78.1 Å². The lowest BCUT2D eigenvalue weighted by Crippen LogP contribution is -2.12. The number of methoxy groups -OCH3 is 1. The van der Waals surface area contributed by atoms with E-state index in [0.717, 1.165) is 35.4 Å². The Balaban J connectivity index is 0. The van der Waals surface area contributed by atoms with Crippen molar-refractivity contribution in [1.82, 2.24) is 10.2 Å². The Labute approximate surface area is 204 Å². The normalized spacial score (nSPS) is 12.4. The van der Waals surface area contributed by atoms with E-state index in [1.807, 2.05) is 41.5 Å². The Morgan fingerprint density at radius 3 is 1.97 bits per heavy atom. The summed E-state index contributed by atoms with van der Waals surface area (Å²) in [7, 11) is 1.53. The molecule has 0 fully saturated rings. The number of ketones is 1. The number of carbonyl (C=O) groups is 1. The summed E-state index contributed by atoms with van der Waals surface area (Å²) in [6.45, 7) is 14.6. The molecular weight excluding hydrogens is 410 g/mol. The second kappa shape index (κ2) is 18.3. The van der Waals surface area contributed by atoms with Gasteiger partial charge in [0.15, 0.2) is 5.78 Å². The molecule has 0 saturated carbocycles. The van der Waals surface area contributed by atoms with Crippen molar-refractivity contribution in [3.63, 3.8) is 0 Å². The quantitative estimate of drug-likeness (QED) is 0.536. The van der Waals surface area contributed by atoms with Crippen molar-refractivity contribution in [3.05, 3.63) is 46.6 Å². The van der Waals surface area contributed by atoms with E-state index in [2.05, 4.69) is 46.1 Å². The molecule has 188 valence electrons. The summed E-state index contributed by atoms with van der Waals surface area (Å²) in [5.74, 6) is 0.266. The van der Waals surface area contributed by atoms with Crippen molar-refractivity contribution in [3.8, 4) is 11.3 Å². The molecule has 0 aliphatic heterocycles. The third-order valence-electron chi connectivity index (χ3n) is 5.38. The van der Waals surface area contributed by atoms with E-state index in [0.29, 0.717) is 6.54 Å². The number of rotatable bonds is 5. The number of Topliss-reactive ketones (excluding diaryl/α,β-unsaturated/α-hetero) is 1. The van der Waals surface area contributed by atoms with Crippen LogP contribution in [0.2, 0.25) is 0 Å². The van der Waals surface area contributed by atoms with Crippen molar-refractivity contribution >= 4 is 5.78 Å². The maximum Gasteiger partial charge on any atom is 0.160 e. The molecular formula is C28H49N3O2. The van der Waals surface area contributed by atoms with E-state index in [4.69, 9.17) is 5.73 Å². The molecule has 0 amide bonds. The fourth-order valence-electron chi connectivity index (χ4n) is 3.50. The van der Waals surface area contributed by atoms with Crippen LogP contribution in [0, 0.1) is 12.8 Å². The highest BCUT2D eigenvalue weighted by atomic mass is 16.5. The third-order valence-corrected chi connectivity index (χ3v) is 5.38. The Bertz CT molecular complexity index is 793. The van der Waals surface area contributed by atoms with Crippen LogP contribution in [0.1, 0.15) is 91.0 Å². The lowest BCUT2D eigenvalue weighted by Gasteiger charge is -2.18. The van der Waals surface area contributed by atoms with Gasteiger partial charge in [0.25, 0.3) is 0 Å². The summed E-state index contributed by atoms with van der Waals surface area (Å²) in [6, 6.07) is 8.43. The maximum absolute atomic E-state index is 10.6. The van der Waals surface area contributed by atoms with Gasteiger partial charge in [-0.3, -0.25) is 4.79 Å². The highest BCUT2D eigenvalue weighted by molar-refractivity contribution is 5.81. The van der Waals surface area contributed by atoms with Gasteiger partial charge in [-0.2, -0.15) is 5.10 Å². The van der Waals surface area contributed by atoms with Gasteiger partial charge >= 0.3 is 0 Å². The van der Waals surface area contributed by atoms with Crippen LogP contribution in [-0.4, -0.2) is 29.7 Å². The summed E-state index contributed by atoms with van der Waals surface area (Å²) in [5.41, 5.74) is 13.0. The minimum Gasteiger partial charge on any atom is -0.377 e. The standard InChI is InChI=1S/C18H23N3.C6H12O2.2C2H6.H2/c1-13-16-6-4-2-3-5-7-17(16)18(21-20-13)15-10-8-14(12-19)9-11-15;1-5(2)6(7)4-8-3;2*1-2;/h8-11H,2-7,12,19H2,1H3;5H,4H2,1-3H3;2*1-2H3;1H. The second-order valence-electron chi connectivity index (χ2n) is 7.96. The lowest BCUT2D eigenvalue weighted by atomic mass is 9.90. The molecule has 0 spiro atoms. The van der Waals surface area contributed by atoms with Gasteiger partial charge in [0.05, 0.1) is 11.4 Å². The smallest absolute Gasteiger partial charge is 0.160 e. The highest BCUT2D eigenvalue weighted by Crippen LogP contribution is 2.29. The number of hydrogen-bond donors (Lipinski definition) is 1. The van der Waals surface area contributed by atoms with E-state index in [1.54, 1.807) is 0 Å². The molecule has 0 atom stereocenters. The van der Waals surface area contributed by atoms with Gasteiger partial charge in [-0.15, -0.1) is 5.10 Å². The number of ether oxygens (including phenoxy) is 1. The van der Waals surface area contributed by atoms with Gasteiger partial charge in [-0.25, -0.2) is 0 Å². The number of aryl methyl sites for hydroxylation is 1. The lowest BCUT2D eigenvalue weighted by molar-refractivity contribution is -0.125. The van der Waals surface area contributed by atoms with Crippen LogP contribution in [0.15, 0.2) is 24.3 Å². The molecule has 1 aromatic carbocycles. The molecule has 0 saturated heterocycles. The summed E-state index contributed by atoms with van der Waals surface area (Å²) in [6.07, 6.45) is 7.45. The van der Waals surface area contributed by atoms with Crippen LogP contribution < -0.4 is 5.73 Å². The van der Waals surface area contributed by atoms with E-state index >= 15 is 0 Å². The van der Waals surface area contributed by atoms with Crippen LogP contribution in [0.3, 0.4) is 0 Å². The zero-order valence-electron chi connectivity index (χ0n) is 22.3. The Morgan fingerprint density at radius 2 is 1.52 bits per heavy atom. The van der Waals surface area contributed by atoms with E-state index in [9.17, 15) is 4.79 Å². The largest absolute Gasteiger partial charge is 0.377 e. The molecule has 5 heteroatoms. The molecule has 33 heavy (non-hydrogen) atoms. The Kier molecular flexibility index (Phi) is 17.2. The zero-order valence-corrected chi connectivity index (χ0v) is 22.3. The van der Waals surface area contributed by atoms with Crippen LogP contribution >= 0.6 is 0 Å². The number of nitrogens with two attached hydrogens (primary N) is 1. The molecule has 0 unspecified atom stereocenters. The number of carbonyl (C=O) groups excluding carboxylic acids is 1. The van der Waals surface area contributed by atoms with Crippen molar-refractivity contribution in [2.45, 2.75) is 93.5 Å². The molecule has 1 aromatic heterocycles. The summed E-state index contributed by atoms with van der Waals surface area (Å²) in [5, 5.41) is 8.92. The first-order chi connectivity index (χ1) is 16.0. The number of fused-ring (bicyclic) bond motifs is 1. The van der Waals surface area contributed by atoms with Crippen LogP contribution in [-0.2, 0) is 28.9 Å². The van der Waals surface area contributed by atoms with Gasteiger partial charge in [-0.05, 0) is 49.3 Å². The first kappa shape index (κ1) is 30.9. The maximum atomic E-state index is 10.6. The number of hydrogen-bond acceptors (Lipinski definition) is 5. The third kappa shape index (κ3) is 10.6. The van der Waals surface area contributed by atoms with Gasteiger partial charge in [0.1, 0.15) is 6.61 Å². The summed E-state index contributed by atoms with van der Waals surface area (Å²) < 4.78 is 4.62. The van der Waals surface area contributed by atoms with Crippen LogP contribution in [0.25, 0.3) is 11.3 Å². The monoisotopic (exact) mass is 459 g/mol. The molecule has 3 rings (SSSR count). The van der Waals surface area contributed by atoms with Gasteiger partial charge in [0.2, 0.25) is 0 Å². The minimum atomic E-state index is 0. The first-order valence-electron chi connectivity index (χ1n) is 12.6. The van der Waals surface area contributed by atoms with Gasteiger partial charge < -0.3 is 10.5 Å². The molecule has 2 aromatic rings. The number of nitrogens with zero attached hydrogens (tertiary/aromatic N) is 2. The SMILES string of the molecule is CC.CC.COCC(=O)C(C)C.Cc1nnc(-c2ccc(CN)cc2)c2c1CCCCCC2.[HH]. The fourth-order valence-corrected chi connectivity index (χ4v) is 3.50. The number of benzene rings is 1. The minimum absolute atomic E-state index is 0. The number of aromatic nitrogens is 2. The average molecular weight is 460 g/mol. The molecule has 0 bridgehead atoms. The fraction of sp³-hybridized carbons (Fsp3) is 0.607. The summed E-state index contributed by atoms with van der Waals surface area (Å²) >= 11 is 0. The Morgan fingerprint density at radius 1 is 0.970 bits per heavy atom. The van der Waals surface area contributed by atoms with Crippen molar-refractivity contribution in [1.29, 1.82) is 0 Å². The van der Waals surface area contributed by atoms with Crippen LogP contribution in [0.4, 0.5) is 0 Å². The second-order valence-corrected chi connectivity index (χ2v) is 7.96. The van der Waals surface area contributed by atoms with Crippen molar-refractivity contribution in [2.75, 3.05) is 13.7 Å². The molecule has 1 aliphatic rings. The molecule has 2 N–H and O–H groups in total. The van der Waals surface area contributed by atoms with Gasteiger partial charge in [-0.1, -0.05) is 78.6 Å². The predicted octanol–water partition coefficient (Wildman–Crippen LogP) is 6.73. The molecule has 1 aliphatic carbocycles. The van der Waals surface area contributed by atoms with E-state index in [1.165, 1.54) is 43.9 Å². The Hall–Kier alpha value is -2.11. The van der Waals surface area contributed by atoms with E-state index in [-0.39, 0.29) is 19.7 Å². The highest BCUT2D eigenvalue weighted by Gasteiger charge is 2.17. The molecule has 5 nitrogen and oxygen atoms in total. The summed E-state index contributed by atoms with van der Waals surface area (Å²) in [4.78, 5) is 10.6. The zero-order chi connectivity index (χ0) is 25.2. The average Bonchev–Trinajstić information content (AvgIpc) is 2.83.